The lowest BCUT2D eigenvalue weighted by Crippen LogP contribution is -2.66. The minimum atomic E-state index is -0.0822. The van der Waals surface area contributed by atoms with Crippen LogP contribution < -0.4 is 10.6 Å². The van der Waals surface area contributed by atoms with Gasteiger partial charge in [0.15, 0.2) is 0 Å². The van der Waals surface area contributed by atoms with Gasteiger partial charge in [-0.25, -0.2) is 0 Å². The van der Waals surface area contributed by atoms with Crippen LogP contribution in [-0.4, -0.2) is 58.2 Å². The molecule has 7 nitrogen and oxygen atoms in total. The highest BCUT2D eigenvalue weighted by Crippen LogP contribution is 2.39. The zero-order chi connectivity index (χ0) is 20.5. The zero-order valence-corrected chi connectivity index (χ0v) is 18.0. The standard InChI is InChI=1S/C22H35N5O2/c1-4-26-19(10-17(25-26)8-14(2)3)22(29)24-13-20-16-9-15(11-23-12-16)18-6-5-7-21(28)27(18)20/h10,14-16,18,20,23H,4-9,11-13H2,1-3H3,(H,24,29)/t15-,16+,18+,20+/m1/s1. The largest absolute Gasteiger partial charge is 0.349 e. The van der Waals surface area contributed by atoms with E-state index in [2.05, 4.69) is 34.5 Å². The summed E-state index contributed by atoms with van der Waals surface area (Å²) in [6, 6.07) is 2.35. The average molecular weight is 402 g/mol. The highest BCUT2D eigenvalue weighted by atomic mass is 16.2. The number of carbonyl (C=O) groups is 2. The molecule has 2 amide bonds. The summed E-state index contributed by atoms with van der Waals surface area (Å²) in [5.41, 5.74) is 1.59. The van der Waals surface area contributed by atoms with Crippen molar-refractivity contribution < 1.29 is 9.59 Å². The number of aryl methyl sites for hydroxylation is 1. The van der Waals surface area contributed by atoms with Crippen LogP contribution in [0, 0.1) is 17.8 Å². The normalized spacial score (nSPS) is 29.1. The van der Waals surface area contributed by atoms with Gasteiger partial charge in [-0.3, -0.25) is 14.3 Å². The summed E-state index contributed by atoms with van der Waals surface area (Å²) in [7, 11) is 0. The molecule has 3 fully saturated rings. The number of amides is 2. The van der Waals surface area contributed by atoms with Gasteiger partial charge in [-0.1, -0.05) is 13.8 Å². The van der Waals surface area contributed by atoms with Crippen molar-refractivity contribution in [3.63, 3.8) is 0 Å². The third kappa shape index (κ3) is 4.06. The van der Waals surface area contributed by atoms with Crippen LogP contribution in [0.15, 0.2) is 6.07 Å². The number of piperidine rings is 3. The summed E-state index contributed by atoms with van der Waals surface area (Å²) in [5.74, 6) is 1.67. The molecule has 2 N–H and O–H groups in total. The van der Waals surface area contributed by atoms with Crippen LogP contribution in [0.25, 0.3) is 0 Å². The van der Waals surface area contributed by atoms with Crippen LogP contribution in [-0.2, 0) is 17.8 Å². The lowest BCUT2D eigenvalue weighted by Gasteiger charge is -2.54. The number of hydrogen-bond acceptors (Lipinski definition) is 4. The highest BCUT2D eigenvalue weighted by molar-refractivity contribution is 5.92. The number of nitrogens with zero attached hydrogens (tertiary/aromatic N) is 3. The highest BCUT2D eigenvalue weighted by Gasteiger charge is 2.47. The molecule has 160 valence electrons. The molecular weight excluding hydrogens is 366 g/mol. The molecule has 2 bridgehead atoms. The molecule has 0 radical (unpaired) electrons. The van der Waals surface area contributed by atoms with Crippen molar-refractivity contribution in [3.05, 3.63) is 17.5 Å². The van der Waals surface area contributed by atoms with Crippen LogP contribution >= 0.6 is 0 Å². The van der Waals surface area contributed by atoms with E-state index in [4.69, 9.17) is 0 Å². The Hall–Kier alpha value is -1.89. The second-order valence-electron chi connectivity index (χ2n) is 9.39. The van der Waals surface area contributed by atoms with Gasteiger partial charge in [-0.15, -0.1) is 0 Å². The third-order valence-electron chi connectivity index (χ3n) is 6.85. The average Bonchev–Trinajstić information content (AvgIpc) is 3.10. The van der Waals surface area contributed by atoms with Crippen molar-refractivity contribution in [1.29, 1.82) is 0 Å². The molecule has 0 aliphatic carbocycles. The molecule has 3 aliphatic rings. The molecule has 29 heavy (non-hydrogen) atoms. The Kier molecular flexibility index (Phi) is 5.95. The third-order valence-corrected chi connectivity index (χ3v) is 6.85. The number of aromatic nitrogens is 2. The van der Waals surface area contributed by atoms with E-state index in [-0.39, 0.29) is 17.9 Å². The molecule has 0 saturated carbocycles. The van der Waals surface area contributed by atoms with Gasteiger partial charge in [0.2, 0.25) is 5.91 Å². The monoisotopic (exact) mass is 401 g/mol. The van der Waals surface area contributed by atoms with Crippen LogP contribution in [0.3, 0.4) is 0 Å². The van der Waals surface area contributed by atoms with Gasteiger partial charge in [0, 0.05) is 32.1 Å². The van der Waals surface area contributed by atoms with Crippen molar-refractivity contribution in [2.24, 2.45) is 17.8 Å². The van der Waals surface area contributed by atoms with Gasteiger partial charge < -0.3 is 15.5 Å². The maximum atomic E-state index is 13.0. The van der Waals surface area contributed by atoms with E-state index in [1.54, 1.807) is 4.68 Å². The first kappa shape index (κ1) is 20.4. The van der Waals surface area contributed by atoms with Crippen LogP contribution in [0.2, 0.25) is 0 Å². The molecular formula is C22H35N5O2. The lowest BCUT2D eigenvalue weighted by atomic mass is 9.72. The van der Waals surface area contributed by atoms with Gasteiger partial charge in [0.1, 0.15) is 5.69 Å². The number of rotatable bonds is 6. The Labute approximate surface area is 173 Å². The Bertz CT molecular complexity index is 758. The molecule has 0 spiro atoms. The van der Waals surface area contributed by atoms with Gasteiger partial charge in [0.05, 0.1) is 11.7 Å². The number of carbonyl (C=O) groups excluding carboxylic acids is 2. The van der Waals surface area contributed by atoms with Crippen LogP contribution in [0.1, 0.15) is 62.6 Å². The predicted octanol–water partition coefficient (Wildman–Crippen LogP) is 1.82. The van der Waals surface area contributed by atoms with E-state index in [0.717, 1.165) is 44.5 Å². The maximum Gasteiger partial charge on any atom is 0.269 e. The summed E-state index contributed by atoms with van der Waals surface area (Å²) in [4.78, 5) is 27.9. The minimum absolute atomic E-state index is 0.0822. The summed E-state index contributed by atoms with van der Waals surface area (Å²) in [5, 5.41) is 11.3. The lowest BCUT2D eigenvalue weighted by molar-refractivity contribution is -0.148. The maximum absolute atomic E-state index is 13.0. The zero-order valence-electron chi connectivity index (χ0n) is 18.0. The Morgan fingerprint density at radius 1 is 1.34 bits per heavy atom. The minimum Gasteiger partial charge on any atom is -0.349 e. The molecule has 0 unspecified atom stereocenters. The fourth-order valence-corrected chi connectivity index (χ4v) is 5.60. The van der Waals surface area contributed by atoms with Crippen molar-refractivity contribution in [3.8, 4) is 0 Å². The van der Waals surface area contributed by atoms with Gasteiger partial charge in [-0.2, -0.15) is 5.10 Å². The topological polar surface area (TPSA) is 79.3 Å². The van der Waals surface area contributed by atoms with Crippen LogP contribution in [0.4, 0.5) is 0 Å². The molecule has 1 aromatic rings. The first-order valence-corrected chi connectivity index (χ1v) is 11.3. The SMILES string of the molecule is CCn1nc(CC(C)C)cc1C(=O)NC[C@H]1[C@@H]2CNC[C@@H](C2)[C@@H]2CCCC(=O)N21. The summed E-state index contributed by atoms with van der Waals surface area (Å²) in [6.45, 7) is 9.46. The van der Waals surface area contributed by atoms with Crippen molar-refractivity contribution in [1.82, 2.24) is 25.3 Å². The Morgan fingerprint density at radius 2 is 2.14 bits per heavy atom. The fraction of sp³-hybridized carbons (Fsp3) is 0.773. The molecule has 3 saturated heterocycles. The summed E-state index contributed by atoms with van der Waals surface area (Å²) < 4.78 is 1.79. The molecule has 4 atom stereocenters. The molecule has 3 aliphatic heterocycles. The van der Waals surface area contributed by atoms with E-state index >= 15 is 0 Å². The van der Waals surface area contributed by atoms with E-state index in [0.29, 0.717) is 49.0 Å². The smallest absolute Gasteiger partial charge is 0.269 e. The molecule has 7 heteroatoms. The van der Waals surface area contributed by atoms with Crippen LogP contribution in [0.5, 0.6) is 0 Å². The van der Waals surface area contributed by atoms with Gasteiger partial charge in [-0.05, 0) is 63.0 Å². The van der Waals surface area contributed by atoms with Gasteiger partial charge in [0.25, 0.3) is 5.91 Å². The second kappa shape index (κ2) is 8.46. The number of fused-ring (bicyclic) bond motifs is 4. The van der Waals surface area contributed by atoms with Crippen molar-refractivity contribution in [2.45, 2.75) is 71.5 Å². The van der Waals surface area contributed by atoms with E-state index in [1.807, 2.05) is 13.0 Å². The van der Waals surface area contributed by atoms with E-state index < -0.39 is 0 Å². The first-order valence-electron chi connectivity index (χ1n) is 11.3. The Morgan fingerprint density at radius 3 is 2.90 bits per heavy atom. The second-order valence-corrected chi connectivity index (χ2v) is 9.39. The quantitative estimate of drug-likeness (QED) is 0.762. The number of hydrogen-bond donors (Lipinski definition) is 2. The molecule has 0 aromatic carbocycles. The van der Waals surface area contributed by atoms with Crippen molar-refractivity contribution in [2.75, 3.05) is 19.6 Å². The Balaban J connectivity index is 1.48. The molecule has 4 rings (SSSR count). The summed E-state index contributed by atoms with van der Waals surface area (Å²) in [6.07, 6.45) is 4.77. The van der Waals surface area contributed by atoms with Crippen molar-refractivity contribution >= 4 is 11.8 Å². The summed E-state index contributed by atoms with van der Waals surface area (Å²) >= 11 is 0. The van der Waals surface area contributed by atoms with E-state index in [9.17, 15) is 9.59 Å². The van der Waals surface area contributed by atoms with Gasteiger partial charge >= 0.3 is 0 Å². The molecule has 4 heterocycles. The fourth-order valence-electron chi connectivity index (χ4n) is 5.60. The molecule has 1 aromatic heterocycles. The van der Waals surface area contributed by atoms with E-state index in [1.165, 1.54) is 0 Å². The predicted molar refractivity (Wildman–Crippen MR) is 112 cm³/mol. The number of nitrogens with one attached hydrogen (secondary N) is 2. The first-order chi connectivity index (χ1) is 14.0.